The van der Waals surface area contributed by atoms with Gasteiger partial charge in [0.1, 0.15) is 37.0 Å². The average molecular weight is 299 g/mol. The monoisotopic (exact) mass is 299 g/mol. The minimum absolute atomic E-state index is 0.131. The van der Waals surface area contributed by atoms with Crippen molar-refractivity contribution < 1.29 is 24.8 Å². The molecule has 0 bridgehead atoms. The fourth-order valence-corrected chi connectivity index (χ4v) is 2.55. The van der Waals surface area contributed by atoms with Gasteiger partial charge in [0.15, 0.2) is 12.1 Å². The zero-order valence-electron chi connectivity index (χ0n) is 11.3. The zero-order valence-corrected chi connectivity index (χ0v) is 11.3. The lowest BCUT2D eigenvalue weighted by Crippen LogP contribution is -2.56. The summed E-state index contributed by atoms with van der Waals surface area (Å²) in [6.07, 6.45) is -2.89. The van der Waals surface area contributed by atoms with Crippen LogP contribution >= 0.6 is 0 Å². The SMILES string of the molecule is COC1(N)N=CN=C2C1=NCN2[C@@H]1O[C@H](CO)[C@@H](O)[C@H]1O. The van der Waals surface area contributed by atoms with Crippen LogP contribution in [0.2, 0.25) is 0 Å². The summed E-state index contributed by atoms with van der Waals surface area (Å²) >= 11 is 0. The molecule has 1 fully saturated rings. The number of rotatable bonds is 3. The van der Waals surface area contributed by atoms with Crippen molar-refractivity contribution in [3.63, 3.8) is 0 Å². The molecule has 0 aromatic rings. The maximum atomic E-state index is 10.1. The highest BCUT2D eigenvalue weighted by Crippen LogP contribution is 2.28. The van der Waals surface area contributed by atoms with Gasteiger partial charge in [-0.1, -0.05) is 0 Å². The molecular formula is C11H17N5O5. The lowest BCUT2D eigenvalue weighted by atomic mass is 10.1. The van der Waals surface area contributed by atoms with Gasteiger partial charge in [0, 0.05) is 7.11 Å². The number of methoxy groups -OCH3 is 1. The Balaban J connectivity index is 1.85. The third kappa shape index (κ3) is 2.08. The first kappa shape index (κ1) is 14.5. The molecule has 0 radical (unpaired) electrons. The molecule has 116 valence electrons. The second-order valence-electron chi connectivity index (χ2n) is 4.94. The van der Waals surface area contributed by atoms with Gasteiger partial charge in [0.2, 0.25) is 0 Å². The van der Waals surface area contributed by atoms with E-state index in [9.17, 15) is 10.2 Å². The molecule has 0 aliphatic carbocycles. The zero-order chi connectivity index (χ0) is 15.2. The van der Waals surface area contributed by atoms with Crippen molar-refractivity contribution in [1.82, 2.24) is 4.90 Å². The van der Waals surface area contributed by atoms with Gasteiger partial charge in [-0.3, -0.25) is 10.7 Å². The molecule has 5 atom stereocenters. The lowest BCUT2D eigenvalue weighted by Gasteiger charge is -2.31. The van der Waals surface area contributed by atoms with Crippen LogP contribution in [-0.2, 0) is 9.47 Å². The number of nitrogens with zero attached hydrogens (tertiary/aromatic N) is 4. The third-order valence-electron chi connectivity index (χ3n) is 3.77. The first-order valence-corrected chi connectivity index (χ1v) is 6.41. The molecule has 1 unspecified atom stereocenters. The molecule has 0 amide bonds. The van der Waals surface area contributed by atoms with Crippen molar-refractivity contribution in [2.24, 2.45) is 20.7 Å². The Morgan fingerprint density at radius 2 is 2.29 bits per heavy atom. The lowest BCUT2D eigenvalue weighted by molar-refractivity contribution is -0.0689. The van der Waals surface area contributed by atoms with Crippen LogP contribution in [0.15, 0.2) is 15.0 Å². The molecule has 1 saturated heterocycles. The topological polar surface area (TPSA) is 145 Å². The fraction of sp³-hybridized carbons (Fsp3) is 0.727. The van der Waals surface area contributed by atoms with E-state index >= 15 is 0 Å². The maximum Gasteiger partial charge on any atom is 0.262 e. The molecule has 3 aliphatic heterocycles. The Morgan fingerprint density at radius 3 is 2.90 bits per heavy atom. The number of hydrogen-bond donors (Lipinski definition) is 4. The van der Waals surface area contributed by atoms with Gasteiger partial charge in [0.25, 0.3) is 5.85 Å². The van der Waals surface area contributed by atoms with E-state index < -0.39 is 37.0 Å². The summed E-state index contributed by atoms with van der Waals surface area (Å²) in [7, 11) is 1.40. The molecule has 0 spiro atoms. The molecular weight excluding hydrogens is 282 g/mol. The van der Waals surface area contributed by atoms with Gasteiger partial charge < -0.3 is 29.7 Å². The van der Waals surface area contributed by atoms with E-state index in [1.807, 2.05) is 0 Å². The predicted molar refractivity (Wildman–Crippen MR) is 71.8 cm³/mol. The van der Waals surface area contributed by atoms with Gasteiger partial charge >= 0.3 is 0 Å². The largest absolute Gasteiger partial charge is 0.394 e. The number of fused-ring (bicyclic) bond motifs is 1. The molecule has 10 nitrogen and oxygen atoms in total. The van der Waals surface area contributed by atoms with Gasteiger partial charge in [-0.15, -0.1) is 0 Å². The Bertz CT molecular complexity index is 523. The third-order valence-corrected chi connectivity index (χ3v) is 3.77. The Labute approximate surface area is 120 Å². The van der Waals surface area contributed by atoms with Crippen molar-refractivity contribution in [3.05, 3.63) is 0 Å². The summed E-state index contributed by atoms with van der Waals surface area (Å²) in [6.45, 7) is -0.268. The first-order chi connectivity index (χ1) is 10.0. The van der Waals surface area contributed by atoms with E-state index in [4.69, 9.17) is 20.3 Å². The van der Waals surface area contributed by atoms with Crippen molar-refractivity contribution >= 4 is 17.9 Å². The number of hydrogen-bond acceptors (Lipinski definition) is 10. The molecule has 0 saturated carbocycles. The molecule has 3 heterocycles. The summed E-state index contributed by atoms with van der Waals surface area (Å²) in [6, 6.07) is 0. The number of aliphatic hydroxyl groups excluding tert-OH is 3. The Morgan fingerprint density at radius 1 is 1.52 bits per heavy atom. The van der Waals surface area contributed by atoms with Crippen molar-refractivity contribution in [1.29, 1.82) is 0 Å². The van der Waals surface area contributed by atoms with Gasteiger partial charge in [-0.05, 0) is 0 Å². The van der Waals surface area contributed by atoms with Crippen LogP contribution in [0.1, 0.15) is 0 Å². The van der Waals surface area contributed by atoms with Crippen LogP contribution in [0.4, 0.5) is 0 Å². The van der Waals surface area contributed by atoms with Crippen LogP contribution in [-0.4, -0.2) is 88.9 Å². The quantitative estimate of drug-likeness (QED) is 0.402. The van der Waals surface area contributed by atoms with Crippen LogP contribution in [0.3, 0.4) is 0 Å². The summed E-state index contributed by atoms with van der Waals surface area (Å²) < 4.78 is 10.6. The standard InChI is InChI=1S/C11H17N5O5/c1-20-11(12)8-9(13-3-15-11)16(4-14-8)10-7(19)6(18)5(2-17)21-10/h3,5-7,10,17-19H,2,4,12H2,1H3/t5-,6-,7-,10-,11?/m1/s1. The van der Waals surface area contributed by atoms with E-state index in [1.165, 1.54) is 13.4 Å². The van der Waals surface area contributed by atoms with E-state index in [-0.39, 0.29) is 6.67 Å². The van der Waals surface area contributed by atoms with Crippen molar-refractivity contribution in [2.75, 3.05) is 20.4 Å². The highest BCUT2D eigenvalue weighted by molar-refractivity contribution is 6.47. The normalized spacial score (nSPS) is 42.0. The molecule has 3 rings (SSSR count). The molecule has 0 aromatic heterocycles. The van der Waals surface area contributed by atoms with E-state index in [1.54, 1.807) is 4.90 Å². The van der Waals surface area contributed by atoms with Crippen molar-refractivity contribution in [2.45, 2.75) is 30.4 Å². The Hall–Kier alpha value is -1.43. The molecule has 21 heavy (non-hydrogen) atoms. The molecule has 10 heteroatoms. The van der Waals surface area contributed by atoms with E-state index in [0.29, 0.717) is 11.5 Å². The average Bonchev–Trinajstić information content (AvgIpc) is 3.03. The summed E-state index contributed by atoms with van der Waals surface area (Å²) in [5.41, 5.74) is 6.29. The van der Waals surface area contributed by atoms with Crippen LogP contribution in [0, 0.1) is 0 Å². The Kier molecular flexibility index (Phi) is 3.51. The number of aliphatic hydroxyl groups is 3. The van der Waals surface area contributed by atoms with Crippen LogP contribution < -0.4 is 5.73 Å². The van der Waals surface area contributed by atoms with Crippen LogP contribution in [0.25, 0.3) is 0 Å². The van der Waals surface area contributed by atoms with Gasteiger partial charge in [0.05, 0.1) is 6.61 Å². The highest BCUT2D eigenvalue weighted by atomic mass is 16.6. The fourth-order valence-electron chi connectivity index (χ4n) is 2.55. The van der Waals surface area contributed by atoms with Gasteiger partial charge in [-0.25, -0.2) is 9.98 Å². The van der Waals surface area contributed by atoms with Crippen LogP contribution in [0.5, 0.6) is 0 Å². The highest BCUT2D eigenvalue weighted by Gasteiger charge is 2.50. The smallest absolute Gasteiger partial charge is 0.262 e. The summed E-state index contributed by atoms with van der Waals surface area (Å²) in [4.78, 5) is 13.8. The first-order valence-electron chi connectivity index (χ1n) is 6.41. The number of amidine groups is 1. The van der Waals surface area contributed by atoms with Crippen molar-refractivity contribution in [3.8, 4) is 0 Å². The number of nitrogens with two attached hydrogens (primary N) is 1. The maximum absolute atomic E-state index is 10.1. The second-order valence-corrected chi connectivity index (χ2v) is 4.94. The predicted octanol–water partition coefficient (Wildman–Crippen LogP) is -3.16. The molecule has 0 aromatic carbocycles. The van der Waals surface area contributed by atoms with Gasteiger partial charge in [-0.2, -0.15) is 0 Å². The molecule has 3 aliphatic rings. The number of aliphatic imine (C=N–C) groups is 3. The molecule has 5 N–H and O–H groups in total. The number of ether oxygens (including phenoxy) is 2. The minimum atomic E-state index is -1.43. The summed E-state index contributed by atoms with van der Waals surface area (Å²) in [5, 5.41) is 29.0. The van der Waals surface area contributed by atoms with E-state index in [2.05, 4.69) is 15.0 Å². The minimum Gasteiger partial charge on any atom is -0.394 e. The summed E-state index contributed by atoms with van der Waals surface area (Å²) in [5.74, 6) is -1.06. The second kappa shape index (κ2) is 5.09. The van der Waals surface area contributed by atoms with E-state index in [0.717, 1.165) is 0 Å².